The van der Waals surface area contributed by atoms with E-state index in [9.17, 15) is 14.4 Å². The average Bonchev–Trinajstić information content (AvgIpc) is 2.98. The quantitative estimate of drug-likeness (QED) is 0.761. The van der Waals surface area contributed by atoms with Crippen molar-refractivity contribution < 1.29 is 24.2 Å². The number of carboxylic acid groups (broad SMARTS) is 1. The Morgan fingerprint density at radius 1 is 1.29 bits per heavy atom. The average molecular weight is 298 g/mol. The highest BCUT2D eigenvalue weighted by atomic mass is 16.5. The molecule has 118 valence electrons. The van der Waals surface area contributed by atoms with E-state index in [0.717, 1.165) is 25.7 Å². The summed E-state index contributed by atoms with van der Waals surface area (Å²) in [5.74, 6) is -1.34. The van der Waals surface area contributed by atoms with E-state index in [-0.39, 0.29) is 30.9 Å². The lowest BCUT2D eigenvalue weighted by Crippen LogP contribution is -2.56. The fraction of sp³-hybridized carbons (Fsp3) is 0.786. The molecule has 21 heavy (non-hydrogen) atoms. The molecule has 2 fully saturated rings. The lowest BCUT2D eigenvalue weighted by atomic mass is 9.96. The number of morpholine rings is 1. The van der Waals surface area contributed by atoms with Crippen LogP contribution in [-0.2, 0) is 19.1 Å². The summed E-state index contributed by atoms with van der Waals surface area (Å²) in [4.78, 5) is 36.5. The van der Waals surface area contributed by atoms with Gasteiger partial charge in [0.2, 0.25) is 11.8 Å². The smallest absolute Gasteiger partial charge is 0.334 e. The molecule has 0 aromatic rings. The molecule has 0 radical (unpaired) electrons. The Balaban J connectivity index is 2.05. The molecule has 2 rings (SSSR count). The predicted octanol–water partition coefficient (Wildman–Crippen LogP) is -0.00670. The first kappa shape index (κ1) is 15.8. The van der Waals surface area contributed by atoms with Crippen LogP contribution in [0, 0.1) is 5.92 Å². The van der Waals surface area contributed by atoms with Gasteiger partial charge in [-0.15, -0.1) is 0 Å². The SMILES string of the molecule is CC(=O)N[C@H](C(=O)N1CCO[C@H](C(=O)O)C1)C1CCCC1. The summed E-state index contributed by atoms with van der Waals surface area (Å²) in [6.07, 6.45) is 2.99. The van der Waals surface area contributed by atoms with Crippen molar-refractivity contribution in [3.8, 4) is 0 Å². The number of hydrogen-bond acceptors (Lipinski definition) is 4. The van der Waals surface area contributed by atoms with Crippen molar-refractivity contribution in [3.05, 3.63) is 0 Å². The van der Waals surface area contributed by atoms with E-state index in [1.165, 1.54) is 11.8 Å². The van der Waals surface area contributed by atoms with Crippen molar-refractivity contribution >= 4 is 17.8 Å². The van der Waals surface area contributed by atoms with E-state index in [2.05, 4.69) is 5.32 Å². The van der Waals surface area contributed by atoms with Gasteiger partial charge in [-0.1, -0.05) is 12.8 Å². The van der Waals surface area contributed by atoms with Crippen molar-refractivity contribution in [1.29, 1.82) is 0 Å². The van der Waals surface area contributed by atoms with Gasteiger partial charge in [0.05, 0.1) is 13.2 Å². The van der Waals surface area contributed by atoms with Crippen LogP contribution in [0.2, 0.25) is 0 Å². The van der Waals surface area contributed by atoms with Crippen LogP contribution >= 0.6 is 0 Å². The molecule has 2 amide bonds. The van der Waals surface area contributed by atoms with Gasteiger partial charge in [-0.05, 0) is 18.8 Å². The highest BCUT2D eigenvalue weighted by molar-refractivity contribution is 5.87. The van der Waals surface area contributed by atoms with Crippen molar-refractivity contribution in [2.24, 2.45) is 5.92 Å². The number of carbonyl (C=O) groups excluding carboxylic acids is 2. The van der Waals surface area contributed by atoms with E-state index < -0.39 is 18.1 Å². The summed E-state index contributed by atoms with van der Waals surface area (Å²) in [5.41, 5.74) is 0. The molecule has 1 heterocycles. The van der Waals surface area contributed by atoms with Gasteiger partial charge in [0.25, 0.3) is 0 Å². The van der Waals surface area contributed by atoms with Crippen LogP contribution in [0.1, 0.15) is 32.6 Å². The summed E-state index contributed by atoms with van der Waals surface area (Å²) in [5, 5.41) is 11.7. The van der Waals surface area contributed by atoms with Crippen LogP contribution < -0.4 is 5.32 Å². The maximum absolute atomic E-state index is 12.7. The third-order valence-corrected chi connectivity index (χ3v) is 4.15. The van der Waals surface area contributed by atoms with E-state index >= 15 is 0 Å². The minimum Gasteiger partial charge on any atom is -0.479 e. The van der Waals surface area contributed by atoms with Gasteiger partial charge in [-0.3, -0.25) is 9.59 Å². The number of hydrogen-bond donors (Lipinski definition) is 2. The Kier molecular flexibility index (Phi) is 5.17. The van der Waals surface area contributed by atoms with E-state index in [1.54, 1.807) is 0 Å². The minimum absolute atomic E-state index is 0.0387. The summed E-state index contributed by atoms with van der Waals surface area (Å²) in [6, 6.07) is -0.544. The fourth-order valence-corrected chi connectivity index (χ4v) is 3.09. The molecular weight excluding hydrogens is 276 g/mol. The molecule has 2 atom stereocenters. The lowest BCUT2D eigenvalue weighted by Gasteiger charge is -2.35. The summed E-state index contributed by atoms with van der Waals surface area (Å²) < 4.78 is 5.13. The molecule has 1 aliphatic carbocycles. The fourth-order valence-electron chi connectivity index (χ4n) is 3.09. The van der Waals surface area contributed by atoms with Gasteiger partial charge < -0.3 is 20.1 Å². The number of aliphatic carboxylic acids is 1. The number of amides is 2. The zero-order valence-electron chi connectivity index (χ0n) is 12.2. The van der Waals surface area contributed by atoms with Crippen LogP contribution in [0.5, 0.6) is 0 Å². The summed E-state index contributed by atoms with van der Waals surface area (Å²) in [6.45, 7) is 2.01. The van der Waals surface area contributed by atoms with Crippen LogP contribution in [-0.4, -0.2) is 59.6 Å². The summed E-state index contributed by atoms with van der Waals surface area (Å²) >= 11 is 0. The topological polar surface area (TPSA) is 95.9 Å². The minimum atomic E-state index is -1.07. The zero-order chi connectivity index (χ0) is 15.4. The Labute approximate surface area is 123 Å². The molecule has 7 heteroatoms. The van der Waals surface area contributed by atoms with Gasteiger partial charge in [0, 0.05) is 13.5 Å². The first-order valence-electron chi connectivity index (χ1n) is 7.39. The summed E-state index contributed by atoms with van der Waals surface area (Å²) in [7, 11) is 0. The van der Waals surface area contributed by atoms with E-state index in [4.69, 9.17) is 9.84 Å². The molecule has 2 aliphatic rings. The van der Waals surface area contributed by atoms with Crippen LogP contribution in [0.4, 0.5) is 0 Å². The first-order valence-corrected chi connectivity index (χ1v) is 7.39. The van der Waals surface area contributed by atoms with Gasteiger partial charge in [-0.2, -0.15) is 0 Å². The van der Waals surface area contributed by atoms with Crippen molar-refractivity contribution in [2.45, 2.75) is 44.8 Å². The van der Waals surface area contributed by atoms with E-state index in [1.807, 2.05) is 0 Å². The largest absolute Gasteiger partial charge is 0.479 e. The third kappa shape index (κ3) is 3.93. The van der Waals surface area contributed by atoms with Crippen LogP contribution in [0.15, 0.2) is 0 Å². The van der Waals surface area contributed by atoms with Crippen molar-refractivity contribution in [3.63, 3.8) is 0 Å². The maximum atomic E-state index is 12.7. The number of nitrogens with zero attached hydrogens (tertiary/aromatic N) is 1. The number of carbonyl (C=O) groups is 3. The number of ether oxygens (including phenoxy) is 1. The molecule has 0 spiro atoms. The molecule has 7 nitrogen and oxygen atoms in total. The molecule has 0 aromatic heterocycles. The zero-order valence-corrected chi connectivity index (χ0v) is 12.2. The highest BCUT2D eigenvalue weighted by Crippen LogP contribution is 2.29. The number of rotatable bonds is 4. The van der Waals surface area contributed by atoms with Gasteiger partial charge in [0.1, 0.15) is 6.04 Å². The van der Waals surface area contributed by atoms with Crippen molar-refractivity contribution in [2.75, 3.05) is 19.7 Å². The number of carboxylic acids is 1. The standard InChI is InChI=1S/C14H22N2O5/c1-9(17)15-12(10-4-2-3-5-10)13(18)16-6-7-21-11(8-16)14(19)20/h10-12H,2-8H2,1H3,(H,15,17)(H,19,20)/t11-,12-/m0/s1. The van der Waals surface area contributed by atoms with Gasteiger partial charge >= 0.3 is 5.97 Å². The molecule has 1 saturated heterocycles. The molecule has 0 bridgehead atoms. The first-order chi connectivity index (χ1) is 9.99. The molecular formula is C14H22N2O5. The predicted molar refractivity (Wildman–Crippen MR) is 73.5 cm³/mol. The van der Waals surface area contributed by atoms with Gasteiger partial charge in [0.15, 0.2) is 6.10 Å². The third-order valence-electron chi connectivity index (χ3n) is 4.15. The number of nitrogens with one attached hydrogen (secondary N) is 1. The lowest BCUT2D eigenvalue weighted by molar-refractivity contribution is -0.160. The second kappa shape index (κ2) is 6.89. The van der Waals surface area contributed by atoms with Crippen LogP contribution in [0.25, 0.3) is 0 Å². The molecule has 0 unspecified atom stereocenters. The van der Waals surface area contributed by atoms with Crippen molar-refractivity contribution in [1.82, 2.24) is 10.2 Å². The Bertz CT molecular complexity index is 420. The van der Waals surface area contributed by atoms with Crippen LogP contribution in [0.3, 0.4) is 0 Å². The van der Waals surface area contributed by atoms with Gasteiger partial charge in [-0.25, -0.2) is 4.79 Å². The maximum Gasteiger partial charge on any atom is 0.334 e. The normalized spacial score (nSPS) is 24.6. The second-order valence-corrected chi connectivity index (χ2v) is 5.70. The Morgan fingerprint density at radius 3 is 2.52 bits per heavy atom. The van der Waals surface area contributed by atoms with E-state index in [0.29, 0.717) is 6.54 Å². The Hall–Kier alpha value is -1.63. The second-order valence-electron chi connectivity index (χ2n) is 5.70. The Morgan fingerprint density at radius 2 is 1.95 bits per heavy atom. The highest BCUT2D eigenvalue weighted by Gasteiger charge is 2.37. The monoisotopic (exact) mass is 298 g/mol. The molecule has 1 aliphatic heterocycles. The molecule has 1 saturated carbocycles. The molecule has 0 aromatic carbocycles. The molecule has 2 N–H and O–H groups in total.